The molecule has 0 amide bonds. The summed E-state index contributed by atoms with van der Waals surface area (Å²) in [5.74, 6) is -0.443. The van der Waals surface area contributed by atoms with E-state index in [0.717, 1.165) is 0 Å². The lowest BCUT2D eigenvalue weighted by Gasteiger charge is -2.03. The van der Waals surface area contributed by atoms with Gasteiger partial charge >= 0.3 is 10.3 Å². The van der Waals surface area contributed by atoms with Crippen molar-refractivity contribution < 1.29 is 17.0 Å². The maximum atomic E-state index is 12.7. The molecule has 17 heavy (non-hydrogen) atoms. The van der Waals surface area contributed by atoms with Crippen LogP contribution in [0.15, 0.2) is 30.5 Å². The Bertz CT molecular complexity index is 621. The summed E-state index contributed by atoms with van der Waals surface area (Å²) in [6.45, 7) is 0. The summed E-state index contributed by atoms with van der Waals surface area (Å²) in [5, 5.41) is 10.9. The van der Waals surface area contributed by atoms with Gasteiger partial charge in [0.25, 0.3) is 0 Å². The number of nitrogens with zero attached hydrogens (tertiary/aromatic N) is 1. The van der Waals surface area contributed by atoms with Crippen molar-refractivity contribution >= 4 is 10.3 Å². The first-order chi connectivity index (χ1) is 7.96. The van der Waals surface area contributed by atoms with E-state index in [2.05, 4.69) is 14.4 Å². The summed E-state index contributed by atoms with van der Waals surface area (Å²) >= 11 is 0. The Morgan fingerprint density at radius 1 is 1.29 bits per heavy atom. The van der Waals surface area contributed by atoms with Gasteiger partial charge in [0.1, 0.15) is 11.5 Å². The van der Waals surface area contributed by atoms with Gasteiger partial charge in [-0.3, -0.25) is 5.10 Å². The monoisotopic (exact) mass is 257 g/mol. The fraction of sp³-hybridized carbons (Fsp3) is 0. The number of rotatable bonds is 3. The van der Waals surface area contributed by atoms with Crippen LogP contribution in [0.2, 0.25) is 0 Å². The van der Waals surface area contributed by atoms with E-state index in [1.165, 1.54) is 30.5 Å². The molecule has 0 saturated carbocycles. The molecule has 0 unspecified atom stereocenters. The normalized spacial score (nSPS) is 11.4. The lowest BCUT2D eigenvalue weighted by Crippen LogP contribution is -2.19. The topological polar surface area (TPSA) is 98.1 Å². The lowest BCUT2D eigenvalue weighted by molar-refractivity contribution is 0.488. The van der Waals surface area contributed by atoms with Crippen LogP contribution in [-0.4, -0.2) is 18.6 Å². The number of aromatic nitrogens is 2. The molecule has 0 radical (unpaired) electrons. The molecular weight excluding hydrogens is 249 g/mol. The fourth-order valence-electron chi connectivity index (χ4n) is 1.29. The zero-order valence-corrected chi connectivity index (χ0v) is 9.24. The average Bonchev–Trinajstić information content (AvgIpc) is 2.64. The number of hydrogen-bond donors (Lipinski definition) is 2. The van der Waals surface area contributed by atoms with Crippen molar-refractivity contribution in [1.82, 2.24) is 10.2 Å². The van der Waals surface area contributed by atoms with E-state index in [9.17, 15) is 12.8 Å². The number of hydrogen-bond acceptors (Lipinski definition) is 4. The number of benzene rings is 1. The number of H-pyrrole nitrogens is 1. The van der Waals surface area contributed by atoms with Crippen LogP contribution in [0, 0.1) is 5.82 Å². The molecule has 1 aromatic carbocycles. The maximum absolute atomic E-state index is 12.7. The zero-order chi connectivity index (χ0) is 12.5. The van der Waals surface area contributed by atoms with Gasteiger partial charge in [-0.2, -0.15) is 18.7 Å². The molecule has 1 aromatic heterocycles. The van der Waals surface area contributed by atoms with E-state index < -0.39 is 16.1 Å². The molecule has 6 nitrogen and oxygen atoms in total. The van der Waals surface area contributed by atoms with Crippen molar-refractivity contribution in [2.75, 3.05) is 0 Å². The summed E-state index contributed by atoms with van der Waals surface area (Å²) in [6, 6.07) is 5.38. The van der Waals surface area contributed by atoms with Crippen LogP contribution in [0.25, 0.3) is 11.3 Å². The molecule has 0 atom stereocenters. The van der Waals surface area contributed by atoms with E-state index in [0.29, 0.717) is 11.3 Å². The highest BCUT2D eigenvalue weighted by atomic mass is 32.2. The molecule has 1 heterocycles. The Kier molecular flexibility index (Phi) is 2.82. The van der Waals surface area contributed by atoms with Crippen molar-refractivity contribution in [3.63, 3.8) is 0 Å². The highest BCUT2D eigenvalue weighted by Crippen LogP contribution is 2.27. The van der Waals surface area contributed by atoms with E-state index in [-0.39, 0.29) is 5.75 Å². The predicted octanol–water partition coefficient (Wildman–Crippen LogP) is 0.798. The summed E-state index contributed by atoms with van der Waals surface area (Å²) in [6.07, 6.45) is 1.17. The standard InChI is InChI=1S/C9H8FN3O3S/c10-7-3-1-6(2-4-7)9-8(5-12-13-9)16-17(11,14)15/h1-5H,(H,12,13)(H2,11,14,15). The van der Waals surface area contributed by atoms with Crippen LogP contribution >= 0.6 is 0 Å². The van der Waals surface area contributed by atoms with Gasteiger partial charge in [0.15, 0.2) is 5.75 Å². The van der Waals surface area contributed by atoms with Gasteiger partial charge in [-0.1, -0.05) is 0 Å². The molecular formula is C9H8FN3O3S. The Labute approximate surface area is 96.5 Å². The molecule has 3 N–H and O–H groups in total. The third kappa shape index (κ3) is 2.80. The van der Waals surface area contributed by atoms with Crippen LogP contribution < -0.4 is 9.32 Å². The van der Waals surface area contributed by atoms with Gasteiger partial charge in [0.05, 0.1) is 6.20 Å². The lowest BCUT2D eigenvalue weighted by atomic mass is 10.1. The van der Waals surface area contributed by atoms with Crippen molar-refractivity contribution in [3.05, 3.63) is 36.3 Å². The van der Waals surface area contributed by atoms with Gasteiger partial charge in [-0.25, -0.2) is 4.39 Å². The van der Waals surface area contributed by atoms with Crippen LogP contribution in [0.5, 0.6) is 5.75 Å². The SMILES string of the molecule is NS(=O)(=O)Oc1cn[nH]c1-c1ccc(F)cc1. The van der Waals surface area contributed by atoms with Crippen LogP contribution in [0.4, 0.5) is 4.39 Å². The minimum atomic E-state index is -4.12. The molecule has 0 aliphatic carbocycles. The van der Waals surface area contributed by atoms with Crippen LogP contribution in [0.3, 0.4) is 0 Å². The Morgan fingerprint density at radius 3 is 2.53 bits per heavy atom. The minimum Gasteiger partial charge on any atom is -0.367 e. The average molecular weight is 257 g/mol. The zero-order valence-electron chi connectivity index (χ0n) is 8.42. The second-order valence-electron chi connectivity index (χ2n) is 3.19. The molecule has 90 valence electrons. The second kappa shape index (κ2) is 4.15. The van der Waals surface area contributed by atoms with Crippen molar-refractivity contribution in [3.8, 4) is 17.0 Å². The maximum Gasteiger partial charge on any atom is 0.380 e. The molecule has 0 fully saturated rings. The number of halogens is 1. The van der Waals surface area contributed by atoms with Gasteiger partial charge in [0, 0.05) is 5.56 Å². The Balaban J connectivity index is 2.40. The second-order valence-corrected chi connectivity index (χ2v) is 4.34. The third-order valence-electron chi connectivity index (χ3n) is 1.94. The van der Waals surface area contributed by atoms with Crippen molar-refractivity contribution in [1.29, 1.82) is 0 Å². The molecule has 0 aliphatic heterocycles. The Morgan fingerprint density at radius 2 is 1.94 bits per heavy atom. The summed E-state index contributed by atoms with van der Waals surface area (Å²) < 4.78 is 38.8. The van der Waals surface area contributed by atoms with Gasteiger partial charge < -0.3 is 4.18 Å². The molecule has 0 aliphatic rings. The van der Waals surface area contributed by atoms with Crippen molar-refractivity contribution in [2.45, 2.75) is 0 Å². The minimum absolute atomic E-state index is 0.0425. The van der Waals surface area contributed by atoms with E-state index in [1.807, 2.05) is 0 Å². The summed E-state index contributed by atoms with van der Waals surface area (Å²) in [7, 11) is -4.12. The molecule has 2 aromatic rings. The van der Waals surface area contributed by atoms with E-state index in [1.54, 1.807) is 0 Å². The third-order valence-corrected chi connectivity index (χ3v) is 2.36. The molecule has 2 rings (SSSR count). The van der Waals surface area contributed by atoms with E-state index in [4.69, 9.17) is 5.14 Å². The summed E-state index contributed by atoms with van der Waals surface area (Å²) in [5.41, 5.74) is 0.835. The largest absolute Gasteiger partial charge is 0.380 e. The number of nitrogens with one attached hydrogen (secondary N) is 1. The predicted molar refractivity (Wildman–Crippen MR) is 57.7 cm³/mol. The number of aromatic amines is 1. The van der Waals surface area contributed by atoms with Gasteiger partial charge in [-0.05, 0) is 24.3 Å². The smallest absolute Gasteiger partial charge is 0.367 e. The fourth-order valence-corrected chi connectivity index (χ4v) is 1.66. The van der Waals surface area contributed by atoms with Crippen molar-refractivity contribution in [2.24, 2.45) is 5.14 Å². The quantitative estimate of drug-likeness (QED) is 0.849. The van der Waals surface area contributed by atoms with Crippen LogP contribution in [0.1, 0.15) is 0 Å². The van der Waals surface area contributed by atoms with E-state index >= 15 is 0 Å². The molecule has 0 spiro atoms. The first kappa shape index (κ1) is 11.6. The van der Waals surface area contributed by atoms with Gasteiger partial charge in [-0.15, -0.1) is 0 Å². The highest BCUT2D eigenvalue weighted by Gasteiger charge is 2.14. The van der Waals surface area contributed by atoms with Gasteiger partial charge in [0.2, 0.25) is 0 Å². The highest BCUT2D eigenvalue weighted by molar-refractivity contribution is 7.84. The Hall–Kier alpha value is -1.93. The first-order valence-corrected chi connectivity index (χ1v) is 5.94. The molecule has 8 heteroatoms. The number of nitrogens with two attached hydrogens (primary N) is 1. The first-order valence-electron chi connectivity index (χ1n) is 4.47. The molecule has 0 bridgehead atoms. The molecule has 0 saturated heterocycles. The summed E-state index contributed by atoms with van der Waals surface area (Å²) in [4.78, 5) is 0. The van der Waals surface area contributed by atoms with Crippen LogP contribution in [-0.2, 0) is 10.3 Å².